The van der Waals surface area contributed by atoms with Crippen molar-refractivity contribution in [3.05, 3.63) is 56.7 Å². The van der Waals surface area contributed by atoms with Crippen molar-refractivity contribution in [1.82, 2.24) is 10.6 Å². The molecule has 0 bridgehead atoms. The number of nitrogens with zero attached hydrogens (tertiary/aromatic N) is 1. The monoisotopic (exact) mass is 405 g/mol. The number of alkyl halides is 3. The largest absolute Gasteiger partial charge is 0.416 e. The Morgan fingerprint density at radius 2 is 1.88 bits per heavy atom. The number of benzene rings is 1. The lowest BCUT2D eigenvalue weighted by Crippen LogP contribution is -2.39. The number of thiophene rings is 1. The fourth-order valence-electron chi connectivity index (χ4n) is 2.11. The van der Waals surface area contributed by atoms with Crippen LogP contribution in [0.4, 0.5) is 13.2 Å². The summed E-state index contributed by atoms with van der Waals surface area (Å²) in [7, 11) is 0. The van der Waals surface area contributed by atoms with Crippen molar-refractivity contribution < 1.29 is 18.3 Å². The summed E-state index contributed by atoms with van der Waals surface area (Å²) in [4.78, 5) is 5.06. The van der Waals surface area contributed by atoms with Gasteiger partial charge in [0.15, 0.2) is 5.96 Å². The number of nitrogens with one attached hydrogen (secondary N) is 2. The Balaban J connectivity index is 1.95. The molecule has 3 N–H and O–H groups in total. The number of hydrogen-bond acceptors (Lipinski definition) is 3. The van der Waals surface area contributed by atoms with Crippen LogP contribution in [0.5, 0.6) is 0 Å². The molecule has 1 heterocycles. The maximum absolute atomic E-state index is 12.6. The fraction of sp³-hybridized carbons (Fsp3) is 0.353. The molecule has 2 rings (SSSR count). The molecular weight excluding hydrogens is 387 g/mol. The van der Waals surface area contributed by atoms with E-state index in [1.165, 1.54) is 23.5 Å². The van der Waals surface area contributed by atoms with Crippen molar-refractivity contribution >= 4 is 28.9 Å². The van der Waals surface area contributed by atoms with E-state index in [9.17, 15) is 18.3 Å². The minimum atomic E-state index is -4.35. The highest BCUT2D eigenvalue weighted by molar-refractivity contribution is 7.16. The summed E-state index contributed by atoms with van der Waals surface area (Å²) >= 11 is 7.15. The van der Waals surface area contributed by atoms with E-state index in [2.05, 4.69) is 15.6 Å². The van der Waals surface area contributed by atoms with Crippen LogP contribution in [0.3, 0.4) is 0 Å². The molecule has 1 aromatic heterocycles. The van der Waals surface area contributed by atoms with Crippen LogP contribution >= 0.6 is 22.9 Å². The second kappa shape index (κ2) is 9.25. The number of aliphatic hydroxyl groups is 1. The van der Waals surface area contributed by atoms with E-state index in [1.807, 2.05) is 6.92 Å². The highest BCUT2D eigenvalue weighted by Gasteiger charge is 2.29. The van der Waals surface area contributed by atoms with Gasteiger partial charge in [-0.25, -0.2) is 4.99 Å². The Bertz CT molecular complexity index is 732. The zero-order valence-corrected chi connectivity index (χ0v) is 15.5. The molecule has 26 heavy (non-hydrogen) atoms. The summed E-state index contributed by atoms with van der Waals surface area (Å²) in [6.45, 7) is 2.95. The van der Waals surface area contributed by atoms with E-state index in [-0.39, 0.29) is 13.1 Å². The lowest BCUT2D eigenvalue weighted by atomic mass is 10.1. The molecule has 0 aliphatic carbocycles. The number of hydrogen-bond donors (Lipinski definition) is 3. The number of rotatable bonds is 6. The van der Waals surface area contributed by atoms with Gasteiger partial charge in [-0.1, -0.05) is 23.7 Å². The van der Waals surface area contributed by atoms with E-state index in [4.69, 9.17) is 11.6 Å². The summed E-state index contributed by atoms with van der Waals surface area (Å²) < 4.78 is 38.3. The first kappa shape index (κ1) is 20.5. The highest BCUT2D eigenvalue weighted by Crippen LogP contribution is 2.29. The lowest BCUT2D eigenvalue weighted by Gasteiger charge is -2.14. The molecule has 2 aromatic rings. The van der Waals surface area contributed by atoms with Crippen molar-refractivity contribution in [3.8, 4) is 0 Å². The van der Waals surface area contributed by atoms with Gasteiger partial charge in [0.05, 0.1) is 16.4 Å². The second-order valence-corrected chi connectivity index (χ2v) is 7.18. The van der Waals surface area contributed by atoms with Gasteiger partial charge in [-0.05, 0) is 36.8 Å². The summed E-state index contributed by atoms with van der Waals surface area (Å²) in [6.07, 6.45) is -5.08. The smallest absolute Gasteiger partial charge is 0.386 e. The van der Waals surface area contributed by atoms with Crippen molar-refractivity contribution in [2.24, 2.45) is 4.99 Å². The van der Waals surface area contributed by atoms with Crippen LogP contribution in [0.25, 0.3) is 0 Å². The predicted molar refractivity (Wildman–Crippen MR) is 98.6 cm³/mol. The molecule has 0 aliphatic heterocycles. The average Bonchev–Trinajstić information content (AvgIpc) is 3.03. The quantitative estimate of drug-likeness (QED) is 0.498. The van der Waals surface area contributed by atoms with Gasteiger partial charge in [-0.2, -0.15) is 13.2 Å². The average molecular weight is 406 g/mol. The molecule has 4 nitrogen and oxygen atoms in total. The van der Waals surface area contributed by atoms with Crippen molar-refractivity contribution in [2.45, 2.75) is 25.7 Å². The normalized spacial score (nSPS) is 13.5. The molecule has 9 heteroatoms. The molecule has 0 saturated carbocycles. The minimum absolute atomic E-state index is 0.217. The first-order valence-electron chi connectivity index (χ1n) is 7.91. The van der Waals surface area contributed by atoms with Gasteiger partial charge in [-0.15, -0.1) is 11.3 Å². The number of halogens is 4. The molecule has 0 amide bonds. The van der Waals surface area contributed by atoms with Crippen LogP contribution in [0.2, 0.25) is 4.34 Å². The first-order chi connectivity index (χ1) is 12.3. The summed E-state index contributed by atoms with van der Waals surface area (Å²) in [5, 5.41) is 16.2. The van der Waals surface area contributed by atoms with Crippen LogP contribution in [0, 0.1) is 0 Å². The first-order valence-corrected chi connectivity index (χ1v) is 9.10. The summed E-state index contributed by atoms with van der Waals surface area (Å²) in [5.41, 5.74) is -0.0335. The Morgan fingerprint density at radius 3 is 2.42 bits per heavy atom. The Kier molecular flexibility index (Phi) is 7.31. The van der Waals surface area contributed by atoms with E-state index in [0.717, 1.165) is 17.0 Å². The van der Waals surface area contributed by atoms with E-state index >= 15 is 0 Å². The number of aliphatic imine (C=N–C) groups is 1. The second-order valence-electron chi connectivity index (χ2n) is 5.43. The van der Waals surface area contributed by atoms with Crippen LogP contribution in [-0.4, -0.2) is 24.2 Å². The topological polar surface area (TPSA) is 56.7 Å². The minimum Gasteiger partial charge on any atom is -0.386 e. The standard InChI is InChI=1S/C17H19ClF3N3OS/c1-2-22-16(24-10-13(25)14-7-8-15(18)26-14)23-9-11-3-5-12(6-4-11)17(19,20)21/h3-8,13,25H,2,9-10H2,1H3,(H2,22,23,24). The fourth-order valence-corrected chi connectivity index (χ4v) is 3.16. The number of aliphatic hydroxyl groups excluding tert-OH is 1. The molecule has 0 saturated heterocycles. The molecule has 0 aliphatic rings. The third kappa shape index (κ3) is 6.19. The molecule has 1 unspecified atom stereocenters. The molecule has 1 atom stereocenters. The van der Waals surface area contributed by atoms with Crippen LogP contribution in [0.1, 0.15) is 29.0 Å². The molecule has 0 spiro atoms. The van der Waals surface area contributed by atoms with Gasteiger partial charge in [0.1, 0.15) is 6.10 Å². The predicted octanol–water partition coefficient (Wildman–Crippen LogP) is 4.21. The van der Waals surface area contributed by atoms with Gasteiger partial charge < -0.3 is 15.7 Å². The molecule has 142 valence electrons. The van der Waals surface area contributed by atoms with Crippen molar-refractivity contribution in [1.29, 1.82) is 0 Å². The van der Waals surface area contributed by atoms with Crippen molar-refractivity contribution in [3.63, 3.8) is 0 Å². The van der Waals surface area contributed by atoms with E-state index in [0.29, 0.717) is 22.4 Å². The highest BCUT2D eigenvalue weighted by atomic mass is 35.5. The van der Waals surface area contributed by atoms with Gasteiger partial charge in [0.25, 0.3) is 0 Å². The van der Waals surface area contributed by atoms with Gasteiger partial charge >= 0.3 is 6.18 Å². The molecule has 0 fully saturated rings. The van der Waals surface area contributed by atoms with Gasteiger partial charge in [-0.3, -0.25) is 0 Å². The Morgan fingerprint density at radius 1 is 1.19 bits per heavy atom. The van der Waals surface area contributed by atoms with Crippen LogP contribution in [-0.2, 0) is 12.7 Å². The molecule has 0 radical (unpaired) electrons. The Hall–Kier alpha value is -1.77. The van der Waals surface area contributed by atoms with E-state index in [1.54, 1.807) is 12.1 Å². The van der Waals surface area contributed by atoms with Crippen molar-refractivity contribution in [2.75, 3.05) is 13.1 Å². The SMILES string of the molecule is CCNC(=NCc1ccc(C(F)(F)F)cc1)NCC(O)c1ccc(Cl)s1. The maximum Gasteiger partial charge on any atom is 0.416 e. The zero-order valence-electron chi connectivity index (χ0n) is 14.0. The van der Waals surface area contributed by atoms with Crippen LogP contribution in [0.15, 0.2) is 41.4 Å². The maximum atomic E-state index is 12.6. The third-order valence-electron chi connectivity index (χ3n) is 3.43. The Labute approximate surface area is 158 Å². The van der Waals surface area contributed by atoms with E-state index < -0.39 is 17.8 Å². The number of guanidine groups is 1. The summed E-state index contributed by atoms with van der Waals surface area (Å²) in [5.74, 6) is 0.467. The van der Waals surface area contributed by atoms with Gasteiger partial charge in [0, 0.05) is 18.0 Å². The van der Waals surface area contributed by atoms with Gasteiger partial charge in [0.2, 0.25) is 0 Å². The summed E-state index contributed by atoms with van der Waals surface area (Å²) in [6, 6.07) is 8.35. The van der Waals surface area contributed by atoms with Crippen LogP contribution < -0.4 is 10.6 Å². The molecule has 1 aromatic carbocycles. The zero-order chi connectivity index (χ0) is 19.2. The third-order valence-corrected chi connectivity index (χ3v) is 4.76. The molecular formula is C17H19ClF3N3OS. The lowest BCUT2D eigenvalue weighted by molar-refractivity contribution is -0.137.